The zero-order valence-electron chi connectivity index (χ0n) is 11.6. The molecular formula is C16H15N3O2. The number of benzene rings is 2. The average molecular weight is 281 g/mol. The highest BCUT2D eigenvalue weighted by molar-refractivity contribution is 5.74. The van der Waals surface area contributed by atoms with E-state index in [1.165, 1.54) is 6.20 Å². The molecule has 0 fully saturated rings. The van der Waals surface area contributed by atoms with Crippen molar-refractivity contribution in [2.75, 3.05) is 12.8 Å². The maximum Gasteiger partial charge on any atom is 0.269 e. The second-order valence-corrected chi connectivity index (χ2v) is 4.74. The molecular weight excluding hydrogens is 266 g/mol. The lowest BCUT2D eigenvalue weighted by molar-refractivity contribution is 0.408. The zero-order valence-corrected chi connectivity index (χ0v) is 11.6. The van der Waals surface area contributed by atoms with Crippen LogP contribution in [0, 0.1) is 0 Å². The number of hydrogen-bond donors (Lipinski definition) is 1. The molecule has 5 heteroatoms. The SMILES string of the molecule is COc1ccc(N)cc1Cn1c(=O)cnc2ccccc21. The Labute approximate surface area is 121 Å². The van der Waals surface area contributed by atoms with Gasteiger partial charge in [-0.1, -0.05) is 12.1 Å². The average Bonchev–Trinajstić information content (AvgIpc) is 2.50. The number of nitrogens with zero attached hydrogens (tertiary/aromatic N) is 2. The number of anilines is 1. The predicted molar refractivity (Wildman–Crippen MR) is 82.5 cm³/mol. The van der Waals surface area contributed by atoms with Crippen molar-refractivity contribution in [2.24, 2.45) is 0 Å². The fourth-order valence-electron chi connectivity index (χ4n) is 2.37. The summed E-state index contributed by atoms with van der Waals surface area (Å²) in [4.78, 5) is 16.3. The first-order chi connectivity index (χ1) is 10.2. The quantitative estimate of drug-likeness (QED) is 0.746. The molecule has 0 aliphatic rings. The van der Waals surface area contributed by atoms with Crippen LogP contribution in [-0.2, 0) is 6.54 Å². The Bertz CT molecular complexity index is 856. The van der Waals surface area contributed by atoms with Crippen LogP contribution in [0.5, 0.6) is 5.75 Å². The fraction of sp³-hybridized carbons (Fsp3) is 0.125. The van der Waals surface area contributed by atoms with Crippen LogP contribution in [0.3, 0.4) is 0 Å². The number of nitrogen functional groups attached to an aromatic ring is 1. The van der Waals surface area contributed by atoms with Crippen LogP contribution in [0.15, 0.2) is 53.5 Å². The lowest BCUT2D eigenvalue weighted by atomic mass is 10.1. The molecule has 1 aromatic heterocycles. The molecule has 21 heavy (non-hydrogen) atoms. The van der Waals surface area contributed by atoms with E-state index >= 15 is 0 Å². The van der Waals surface area contributed by atoms with Gasteiger partial charge in [-0.05, 0) is 30.3 Å². The van der Waals surface area contributed by atoms with E-state index in [2.05, 4.69) is 4.98 Å². The zero-order chi connectivity index (χ0) is 14.8. The summed E-state index contributed by atoms with van der Waals surface area (Å²) in [5.41, 5.74) is 8.73. The van der Waals surface area contributed by atoms with E-state index in [0.717, 1.165) is 16.6 Å². The summed E-state index contributed by atoms with van der Waals surface area (Å²) in [5, 5.41) is 0. The third-order valence-corrected chi connectivity index (χ3v) is 3.39. The van der Waals surface area contributed by atoms with Crippen molar-refractivity contribution >= 4 is 16.7 Å². The van der Waals surface area contributed by atoms with Gasteiger partial charge in [-0.25, -0.2) is 4.98 Å². The fourth-order valence-corrected chi connectivity index (χ4v) is 2.37. The molecule has 0 saturated heterocycles. The van der Waals surface area contributed by atoms with Crippen molar-refractivity contribution in [2.45, 2.75) is 6.54 Å². The van der Waals surface area contributed by atoms with E-state index in [1.54, 1.807) is 23.8 Å². The van der Waals surface area contributed by atoms with Crippen LogP contribution >= 0.6 is 0 Å². The highest BCUT2D eigenvalue weighted by atomic mass is 16.5. The second kappa shape index (κ2) is 5.28. The van der Waals surface area contributed by atoms with E-state index in [9.17, 15) is 4.79 Å². The Balaban J connectivity index is 2.16. The Hall–Kier alpha value is -2.82. The molecule has 0 spiro atoms. The maximum absolute atomic E-state index is 12.2. The van der Waals surface area contributed by atoms with Crippen molar-refractivity contribution in [3.05, 3.63) is 64.6 Å². The van der Waals surface area contributed by atoms with E-state index in [1.807, 2.05) is 30.3 Å². The number of methoxy groups -OCH3 is 1. The third kappa shape index (κ3) is 2.45. The molecule has 0 radical (unpaired) electrons. The summed E-state index contributed by atoms with van der Waals surface area (Å²) < 4.78 is 7.00. The van der Waals surface area contributed by atoms with Crippen LogP contribution < -0.4 is 16.0 Å². The van der Waals surface area contributed by atoms with Crippen LogP contribution in [0.25, 0.3) is 11.0 Å². The van der Waals surface area contributed by atoms with Gasteiger partial charge in [0.1, 0.15) is 5.75 Å². The topological polar surface area (TPSA) is 70.1 Å². The molecule has 0 saturated carbocycles. The van der Waals surface area contributed by atoms with Crippen molar-refractivity contribution < 1.29 is 4.74 Å². The van der Waals surface area contributed by atoms with Gasteiger partial charge in [-0.3, -0.25) is 4.79 Å². The number of aromatic nitrogens is 2. The number of fused-ring (bicyclic) bond motifs is 1. The van der Waals surface area contributed by atoms with Crippen molar-refractivity contribution in [3.63, 3.8) is 0 Å². The lowest BCUT2D eigenvalue weighted by Crippen LogP contribution is -2.21. The van der Waals surface area contributed by atoms with Crippen LogP contribution in [0.2, 0.25) is 0 Å². The molecule has 0 aliphatic carbocycles. The molecule has 0 atom stereocenters. The van der Waals surface area contributed by atoms with Gasteiger partial charge < -0.3 is 15.0 Å². The smallest absolute Gasteiger partial charge is 0.269 e. The largest absolute Gasteiger partial charge is 0.496 e. The predicted octanol–water partition coefficient (Wildman–Crippen LogP) is 2.04. The lowest BCUT2D eigenvalue weighted by Gasteiger charge is -2.13. The molecule has 0 aliphatic heterocycles. The van der Waals surface area contributed by atoms with E-state index in [0.29, 0.717) is 18.0 Å². The van der Waals surface area contributed by atoms with Crippen molar-refractivity contribution in [1.29, 1.82) is 0 Å². The van der Waals surface area contributed by atoms with Crippen molar-refractivity contribution in [1.82, 2.24) is 9.55 Å². The highest BCUT2D eigenvalue weighted by Crippen LogP contribution is 2.22. The highest BCUT2D eigenvalue weighted by Gasteiger charge is 2.09. The Morgan fingerprint density at radius 3 is 2.86 bits per heavy atom. The van der Waals surface area contributed by atoms with Gasteiger partial charge in [0.25, 0.3) is 5.56 Å². The minimum atomic E-state index is -0.154. The van der Waals surface area contributed by atoms with Gasteiger partial charge in [-0.2, -0.15) is 0 Å². The first kappa shape index (κ1) is 13.2. The standard InChI is InChI=1S/C16H15N3O2/c1-21-15-7-6-12(17)8-11(15)10-19-14-5-3-2-4-13(14)18-9-16(19)20/h2-9H,10,17H2,1H3. The molecule has 0 amide bonds. The second-order valence-electron chi connectivity index (χ2n) is 4.74. The molecule has 2 aromatic carbocycles. The van der Waals surface area contributed by atoms with E-state index in [4.69, 9.17) is 10.5 Å². The van der Waals surface area contributed by atoms with Gasteiger partial charge in [0, 0.05) is 11.3 Å². The summed E-state index contributed by atoms with van der Waals surface area (Å²) in [6.07, 6.45) is 1.33. The first-order valence-electron chi connectivity index (χ1n) is 6.56. The van der Waals surface area contributed by atoms with E-state index < -0.39 is 0 Å². The monoisotopic (exact) mass is 281 g/mol. The Kier molecular flexibility index (Phi) is 3.31. The Morgan fingerprint density at radius 2 is 2.05 bits per heavy atom. The number of ether oxygens (including phenoxy) is 1. The van der Waals surface area contributed by atoms with Gasteiger partial charge in [0.05, 0.1) is 30.9 Å². The summed E-state index contributed by atoms with van der Waals surface area (Å²) in [6.45, 7) is 0.385. The summed E-state index contributed by atoms with van der Waals surface area (Å²) in [5.74, 6) is 0.706. The van der Waals surface area contributed by atoms with Gasteiger partial charge >= 0.3 is 0 Å². The van der Waals surface area contributed by atoms with Gasteiger partial charge in [0.15, 0.2) is 0 Å². The summed E-state index contributed by atoms with van der Waals surface area (Å²) in [7, 11) is 1.60. The number of nitrogens with two attached hydrogens (primary N) is 1. The molecule has 5 nitrogen and oxygen atoms in total. The molecule has 1 heterocycles. The van der Waals surface area contributed by atoms with Gasteiger partial charge in [0.2, 0.25) is 0 Å². The number of para-hydroxylation sites is 2. The molecule has 3 rings (SSSR count). The van der Waals surface area contributed by atoms with Crippen LogP contribution in [0.4, 0.5) is 5.69 Å². The van der Waals surface area contributed by atoms with E-state index in [-0.39, 0.29) is 5.56 Å². The summed E-state index contributed by atoms with van der Waals surface area (Å²) in [6, 6.07) is 12.9. The normalized spacial score (nSPS) is 10.7. The van der Waals surface area contributed by atoms with Crippen LogP contribution in [0.1, 0.15) is 5.56 Å². The third-order valence-electron chi connectivity index (χ3n) is 3.39. The van der Waals surface area contributed by atoms with Crippen molar-refractivity contribution in [3.8, 4) is 5.75 Å². The first-order valence-corrected chi connectivity index (χ1v) is 6.56. The molecule has 106 valence electrons. The minimum Gasteiger partial charge on any atom is -0.496 e. The number of rotatable bonds is 3. The van der Waals surface area contributed by atoms with Gasteiger partial charge in [-0.15, -0.1) is 0 Å². The summed E-state index contributed by atoms with van der Waals surface area (Å²) >= 11 is 0. The molecule has 0 bridgehead atoms. The molecule has 3 aromatic rings. The Morgan fingerprint density at radius 1 is 1.24 bits per heavy atom. The minimum absolute atomic E-state index is 0.154. The molecule has 0 unspecified atom stereocenters. The maximum atomic E-state index is 12.2. The number of hydrogen-bond acceptors (Lipinski definition) is 4. The molecule has 2 N–H and O–H groups in total. The van der Waals surface area contributed by atoms with Crippen LogP contribution in [-0.4, -0.2) is 16.7 Å².